The van der Waals surface area contributed by atoms with Crippen LogP contribution in [-0.2, 0) is 0 Å². The highest BCUT2D eigenvalue weighted by Gasteiger charge is 2.12. The molecule has 0 aliphatic rings. The molecular formula is C10H16N4O2. The molecule has 0 fully saturated rings. The maximum Gasteiger partial charge on any atom is 0.386 e. The molecule has 0 unspecified atom stereocenters. The van der Waals surface area contributed by atoms with Gasteiger partial charge in [0, 0.05) is 6.54 Å². The molecular weight excluding hydrogens is 208 g/mol. The van der Waals surface area contributed by atoms with Crippen molar-refractivity contribution in [3.8, 4) is 0 Å². The molecule has 1 heterocycles. The molecule has 0 bridgehead atoms. The van der Waals surface area contributed by atoms with E-state index in [2.05, 4.69) is 15.6 Å². The molecule has 0 aromatic carbocycles. The van der Waals surface area contributed by atoms with Crippen LogP contribution in [0.25, 0.3) is 0 Å². The lowest BCUT2D eigenvalue weighted by atomic mass is 10.3. The Morgan fingerprint density at radius 2 is 2.31 bits per heavy atom. The Bertz CT molecular complexity index is 343. The van der Waals surface area contributed by atoms with E-state index >= 15 is 0 Å². The number of pyridine rings is 1. The fraction of sp³-hybridized carbons (Fsp3) is 0.500. The Morgan fingerprint density at radius 3 is 3.00 bits per heavy atom. The number of aromatic nitrogens is 1. The largest absolute Gasteiger partial charge is 0.386 e. The minimum atomic E-state index is -0.480. The lowest BCUT2D eigenvalue weighted by Gasteiger charge is -2.06. The number of nitrogens with zero attached hydrogens (tertiary/aromatic N) is 2. The molecule has 6 heteroatoms. The van der Waals surface area contributed by atoms with E-state index in [1.54, 1.807) is 12.1 Å². The molecule has 1 aromatic heterocycles. The Hall–Kier alpha value is -1.69. The maximum atomic E-state index is 10.6. The highest BCUT2D eigenvalue weighted by molar-refractivity contribution is 5.56. The first-order valence-electron chi connectivity index (χ1n) is 5.29. The zero-order chi connectivity index (χ0) is 11.8. The summed E-state index contributed by atoms with van der Waals surface area (Å²) in [4.78, 5) is 13.9. The summed E-state index contributed by atoms with van der Waals surface area (Å²) in [5, 5.41) is 16.8. The minimum absolute atomic E-state index is 0.119. The van der Waals surface area contributed by atoms with Crippen molar-refractivity contribution in [3.05, 3.63) is 28.4 Å². The Kier molecular flexibility index (Phi) is 5.21. The number of hydrogen-bond acceptors (Lipinski definition) is 5. The highest BCUT2D eigenvalue weighted by Crippen LogP contribution is 2.19. The van der Waals surface area contributed by atoms with Gasteiger partial charge in [-0.3, -0.25) is 0 Å². The molecule has 1 aromatic rings. The molecule has 0 saturated carbocycles. The van der Waals surface area contributed by atoms with Gasteiger partial charge >= 0.3 is 5.82 Å². The van der Waals surface area contributed by atoms with Crippen LogP contribution in [0.4, 0.5) is 11.5 Å². The molecule has 2 N–H and O–H groups in total. The average Bonchev–Trinajstić information content (AvgIpc) is 2.29. The lowest BCUT2D eigenvalue weighted by Crippen LogP contribution is -2.17. The number of nitrogens with one attached hydrogen (secondary N) is 2. The van der Waals surface area contributed by atoms with E-state index < -0.39 is 4.92 Å². The van der Waals surface area contributed by atoms with Crippen molar-refractivity contribution < 1.29 is 4.92 Å². The van der Waals surface area contributed by atoms with Gasteiger partial charge in [-0.25, -0.2) is 0 Å². The van der Waals surface area contributed by atoms with Crippen LogP contribution < -0.4 is 10.6 Å². The summed E-state index contributed by atoms with van der Waals surface area (Å²) in [6, 6.07) is 3.35. The van der Waals surface area contributed by atoms with E-state index in [1.165, 1.54) is 6.20 Å². The van der Waals surface area contributed by atoms with Crippen LogP contribution in [0.2, 0.25) is 0 Å². The topological polar surface area (TPSA) is 80.1 Å². The third-order valence-corrected chi connectivity index (χ3v) is 2.06. The number of hydrogen-bond donors (Lipinski definition) is 2. The monoisotopic (exact) mass is 224 g/mol. The fourth-order valence-corrected chi connectivity index (χ4v) is 1.29. The van der Waals surface area contributed by atoms with Gasteiger partial charge in [-0.1, -0.05) is 6.92 Å². The van der Waals surface area contributed by atoms with Crippen molar-refractivity contribution in [2.24, 2.45) is 0 Å². The van der Waals surface area contributed by atoms with E-state index in [4.69, 9.17) is 0 Å². The van der Waals surface area contributed by atoms with Crippen LogP contribution in [-0.4, -0.2) is 29.5 Å². The molecule has 0 saturated heterocycles. The van der Waals surface area contributed by atoms with Crippen LogP contribution in [0, 0.1) is 10.1 Å². The molecule has 16 heavy (non-hydrogen) atoms. The summed E-state index contributed by atoms with van der Waals surface area (Å²) in [5.41, 5.74) is 0.476. The second-order valence-corrected chi connectivity index (χ2v) is 3.27. The number of nitro groups is 1. The van der Waals surface area contributed by atoms with Crippen molar-refractivity contribution >= 4 is 11.5 Å². The van der Waals surface area contributed by atoms with E-state index in [9.17, 15) is 10.1 Å². The summed E-state index contributed by atoms with van der Waals surface area (Å²) in [5.74, 6) is -0.119. The predicted octanol–water partition coefficient (Wildman–Crippen LogP) is 1.40. The quantitative estimate of drug-likeness (QED) is 0.415. The summed E-state index contributed by atoms with van der Waals surface area (Å²) in [6.07, 6.45) is 2.34. The van der Waals surface area contributed by atoms with Gasteiger partial charge < -0.3 is 20.7 Å². The van der Waals surface area contributed by atoms with E-state index in [1.807, 2.05) is 6.92 Å². The van der Waals surface area contributed by atoms with Crippen LogP contribution in [0.1, 0.15) is 13.3 Å². The van der Waals surface area contributed by atoms with Crippen LogP contribution in [0.15, 0.2) is 18.3 Å². The maximum absolute atomic E-state index is 10.6. The standard InChI is InChI=1S/C10H16N4O2/c1-2-11-6-4-8-12-9-5-3-7-13-10(9)14(15)16/h3,5,7,11-12H,2,4,6,8H2,1H3. The van der Waals surface area contributed by atoms with E-state index in [-0.39, 0.29) is 5.82 Å². The molecule has 0 radical (unpaired) electrons. The first-order valence-corrected chi connectivity index (χ1v) is 5.29. The Morgan fingerprint density at radius 1 is 1.50 bits per heavy atom. The van der Waals surface area contributed by atoms with Crippen LogP contribution in [0.3, 0.4) is 0 Å². The minimum Gasteiger partial charge on any atom is -0.378 e. The van der Waals surface area contributed by atoms with Gasteiger partial charge in [-0.2, -0.15) is 0 Å². The molecule has 0 atom stereocenters. The van der Waals surface area contributed by atoms with Gasteiger partial charge in [-0.15, -0.1) is 0 Å². The first kappa shape index (κ1) is 12.4. The van der Waals surface area contributed by atoms with Gasteiger partial charge in [0.1, 0.15) is 11.9 Å². The first-order chi connectivity index (χ1) is 7.75. The molecule has 88 valence electrons. The SMILES string of the molecule is CCNCCCNc1cccnc1[N+](=O)[O-]. The third kappa shape index (κ3) is 3.82. The second kappa shape index (κ2) is 6.73. The van der Waals surface area contributed by atoms with Crippen molar-refractivity contribution in [1.82, 2.24) is 10.3 Å². The highest BCUT2D eigenvalue weighted by atomic mass is 16.6. The zero-order valence-corrected chi connectivity index (χ0v) is 9.27. The lowest BCUT2D eigenvalue weighted by molar-refractivity contribution is -0.388. The van der Waals surface area contributed by atoms with Crippen molar-refractivity contribution in [3.63, 3.8) is 0 Å². The van der Waals surface area contributed by atoms with Gasteiger partial charge in [0.25, 0.3) is 0 Å². The van der Waals surface area contributed by atoms with Crippen LogP contribution in [0.5, 0.6) is 0 Å². The average molecular weight is 224 g/mol. The third-order valence-electron chi connectivity index (χ3n) is 2.06. The van der Waals surface area contributed by atoms with E-state index in [0.717, 1.165) is 19.5 Å². The Labute approximate surface area is 94.2 Å². The summed E-state index contributed by atoms with van der Waals surface area (Å²) >= 11 is 0. The molecule has 0 aliphatic heterocycles. The molecule has 0 amide bonds. The molecule has 1 rings (SSSR count). The molecule has 0 spiro atoms. The van der Waals surface area contributed by atoms with Crippen molar-refractivity contribution in [2.75, 3.05) is 25.0 Å². The van der Waals surface area contributed by atoms with E-state index in [0.29, 0.717) is 12.2 Å². The smallest absolute Gasteiger partial charge is 0.378 e. The van der Waals surface area contributed by atoms with Crippen molar-refractivity contribution in [1.29, 1.82) is 0 Å². The Balaban J connectivity index is 2.44. The van der Waals surface area contributed by atoms with Crippen LogP contribution >= 0.6 is 0 Å². The molecule has 0 aliphatic carbocycles. The fourth-order valence-electron chi connectivity index (χ4n) is 1.29. The normalized spacial score (nSPS) is 10.1. The molecule has 6 nitrogen and oxygen atoms in total. The van der Waals surface area contributed by atoms with Crippen molar-refractivity contribution in [2.45, 2.75) is 13.3 Å². The van der Waals surface area contributed by atoms with Gasteiger partial charge in [-0.05, 0) is 41.6 Å². The number of rotatable bonds is 7. The number of anilines is 1. The summed E-state index contributed by atoms with van der Waals surface area (Å²) in [6.45, 7) is 4.57. The van der Waals surface area contributed by atoms with Gasteiger partial charge in [0.2, 0.25) is 0 Å². The zero-order valence-electron chi connectivity index (χ0n) is 9.27. The summed E-state index contributed by atoms with van der Waals surface area (Å²) in [7, 11) is 0. The van der Waals surface area contributed by atoms with Gasteiger partial charge in [0.05, 0.1) is 0 Å². The summed E-state index contributed by atoms with van der Waals surface area (Å²) < 4.78 is 0. The second-order valence-electron chi connectivity index (χ2n) is 3.27. The predicted molar refractivity (Wildman–Crippen MR) is 62.5 cm³/mol. The van der Waals surface area contributed by atoms with Gasteiger partial charge in [0.15, 0.2) is 0 Å².